The largest absolute Gasteiger partial charge is 0.334 e. The van der Waals surface area contributed by atoms with E-state index >= 15 is 0 Å². The summed E-state index contributed by atoms with van der Waals surface area (Å²) in [7, 11) is -0.170. The summed E-state index contributed by atoms with van der Waals surface area (Å²) in [4.78, 5) is 23.1. The fourth-order valence-electron chi connectivity index (χ4n) is 4.30. The fraction of sp³-hybridized carbons (Fsp3) is 0.316. The lowest BCUT2D eigenvalue weighted by molar-refractivity contribution is -0.122. The summed E-state index contributed by atoms with van der Waals surface area (Å²) in [5, 5.41) is 0. The highest BCUT2D eigenvalue weighted by Crippen LogP contribution is 2.44. The van der Waals surface area contributed by atoms with Crippen molar-refractivity contribution in [2.24, 2.45) is 13.0 Å². The molecule has 144 valence electrons. The topological polar surface area (TPSA) is 88.4 Å². The lowest BCUT2D eigenvalue weighted by Crippen LogP contribution is -2.41. The Morgan fingerprint density at radius 2 is 1.89 bits per heavy atom. The van der Waals surface area contributed by atoms with Gasteiger partial charge in [0.05, 0.1) is 28.2 Å². The Balaban J connectivity index is 1.54. The van der Waals surface area contributed by atoms with E-state index in [1.165, 1.54) is 4.31 Å². The van der Waals surface area contributed by atoms with Crippen molar-refractivity contribution in [3.63, 3.8) is 0 Å². The van der Waals surface area contributed by atoms with Crippen LogP contribution in [0.3, 0.4) is 0 Å². The molecule has 0 aliphatic carbocycles. The number of hydrogen-bond donors (Lipinski definition) is 0. The van der Waals surface area contributed by atoms with Crippen LogP contribution in [0.2, 0.25) is 0 Å². The molecule has 2 atom stereocenters. The van der Waals surface area contributed by atoms with E-state index in [4.69, 9.17) is 0 Å². The highest BCUT2D eigenvalue weighted by Gasteiger charge is 2.48. The maximum absolute atomic E-state index is 13.3. The first-order valence-electron chi connectivity index (χ1n) is 9.00. The number of benzene rings is 1. The van der Waals surface area contributed by atoms with Gasteiger partial charge in [-0.05, 0) is 29.8 Å². The van der Waals surface area contributed by atoms with Crippen LogP contribution in [-0.2, 0) is 21.9 Å². The molecular weight excluding hydrogens is 378 g/mol. The van der Waals surface area contributed by atoms with Gasteiger partial charge in [0.1, 0.15) is 0 Å². The number of hydrogen-bond acceptors (Lipinski definition) is 5. The van der Waals surface area contributed by atoms with Gasteiger partial charge in [-0.25, -0.2) is 13.4 Å². The van der Waals surface area contributed by atoms with E-state index in [1.807, 2.05) is 7.05 Å². The zero-order valence-corrected chi connectivity index (χ0v) is 16.3. The van der Waals surface area contributed by atoms with Crippen LogP contribution in [0.1, 0.15) is 11.5 Å². The van der Waals surface area contributed by atoms with E-state index in [0.29, 0.717) is 0 Å². The molecule has 9 heteroatoms. The number of rotatable bonds is 2. The van der Waals surface area contributed by atoms with Crippen molar-refractivity contribution in [1.29, 1.82) is 0 Å². The van der Waals surface area contributed by atoms with Crippen molar-refractivity contribution in [3.8, 4) is 0 Å². The molecule has 2 aromatic heterocycles. The molecule has 28 heavy (non-hydrogen) atoms. The highest BCUT2D eigenvalue weighted by atomic mass is 32.2. The van der Waals surface area contributed by atoms with Crippen LogP contribution < -0.4 is 4.90 Å². The second kappa shape index (κ2) is 5.86. The van der Waals surface area contributed by atoms with Gasteiger partial charge in [0, 0.05) is 51.2 Å². The highest BCUT2D eigenvalue weighted by molar-refractivity contribution is 7.89. The summed E-state index contributed by atoms with van der Waals surface area (Å²) in [6.45, 7) is 0.447. The van der Waals surface area contributed by atoms with Crippen molar-refractivity contribution < 1.29 is 13.2 Å². The number of carbonyl (C=O) groups excluding carboxylic acids is 1. The molecule has 0 radical (unpaired) electrons. The molecular formula is C19H19N5O3S. The Labute approximate surface area is 162 Å². The summed E-state index contributed by atoms with van der Waals surface area (Å²) in [6, 6.07) is 6.74. The summed E-state index contributed by atoms with van der Waals surface area (Å²) in [6.07, 6.45) is 5.05. The van der Waals surface area contributed by atoms with Crippen LogP contribution >= 0.6 is 0 Å². The van der Waals surface area contributed by atoms with E-state index in [1.54, 1.807) is 59.5 Å². The maximum atomic E-state index is 13.3. The lowest BCUT2D eigenvalue weighted by Gasteiger charge is -2.32. The molecule has 5 rings (SSSR count). The Kier molecular flexibility index (Phi) is 3.62. The zero-order chi connectivity index (χ0) is 19.6. The smallest absolute Gasteiger partial charge is 0.243 e. The molecule has 2 aliphatic rings. The quantitative estimate of drug-likeness (QED) is 0.651. The summed E-state index contributed by atoms with van der Waals surface area (Å²) in [5.74, 6) is -0.622. The number of amides is 1. The van der Waals surface area contributed by atoms with Gasteiger partial charge in [-0.2, -0.15) is 4.31 Å². The molecule has 3 aromatic rings. The second-order valence-corrected chi connectivity index (χ2v) is 9.31. The van der Waals surface area contributed by atoms with E-state index in [0.717, 1.165) is 22.3 Å². The number of imidazole rings is 1. The molecule has 1 fully saturated rings. The van der Waals surface area contributed by atoms with Gasteiger partial charge in [0.2, 0.25) is 15.9 Å². The van der Waals surface area contributed by atoms with Crippen LogP contribution in [0.15, 0.2) is 47.9 Å². The molecule has 0 bridgehead atoms. The average molecular weight is 397 g/mol. The molecule has 8 nitrogen and oxygen atoms in total. The molecule has 0 saturated carbocycles. The van der Waals surface area contributed by atoms with Gasteiger partial charge >= 0.3 is 0 Å². The minimum absolute atomic E-state index is 0.0523. The number of aromatic nitrogens is 3. The SMILES string of the molecule is CN1C(=O)[C@@H]2CN(S(=O)(=O)c3ccc4ncn(C)c4c3)C[C@@H]2c2cnccc21. The normalized spacial score (nSPS) is 22.5. The number of fused-ring (bicyclic) bond motifs is 4. The lowest BCUT2D eigenvalue weighted by atomic mass is 9.84. The first kappa shape index (κ1) is 17.3. The first-order chi connectivity index (χ1) is 13.4. The van der Waals surface area contributed by atoms with Crippen molar-refractivity contribution in [1.82, 2.24) is 18.8 Å². The number of nitrogens with zero attached hydrogens (tertiary/aromatic N) is 5. The molecule has 1 aromatic carbocycles. The second-order valence-electron chi connectivity index (χ2n) is 7.37. The van der Waals surface area contributed by atoms with E-state index in [2.05, 4.69) is 9.97 Å². The van der Waals surface area contributed by atoms with E-state index in [9.17, 15) is 13.2 Å². The molecule has 2 aliphatic heterocycles. The number of anilines is 1. The number of aryl methyl sites for hydroxylation is 1. The average Bonchev–Trinajstić information content (AvgIpc) is 3.31. The predicted octanol–water partition coefficient (Wildman–Crippen LogP) is 1.35. The van der Waals surface area contributed by atoms with Crippen molar-refractivity contribution in [2.45, 2.75) is 10.8 Å². The third kappa shape index (κ3) is 2.33. The monoisotopic (exact) mass is 397 g/mol. The van der Waals surface area contributed by atoms with Gasteiger partial charge in [-0.15, -0.1) is 0 Å². The molecule has 1 saturated heterocycles. The first-order valence-corrected chi connectivity index (χ1v) is 10.4. The van der Waals surface area contributed by atoms with Crippen LogP contribution in [0.25, 0.3) is 11.0 Å². The minimum atomic E-state index is -3.73. The summed E-state index contributed by atoms with van der Waals surface area (Å²) in [5.41, 5.74) is 3.22. The van der Waals surface area contributed by atoms with E-state index in [-0.39, 0.29) is 29.8 Å². The van der Waals surface area contributed by atoms with Gasteiger partial charge in [0.15, 0.2) is 0 Å². The maximum Gasteiger partial charge on any atom is 0.243 e. The van der Waals surface area contributed by atoms with Crippen molar-refractivity contribution in [3.05, 3.63) is 48.5 Å². The Morgan fingerprint density at radius 1 is 1.11 bits per heavy atom. The van der Waals surface area contributed by atoms with E-state index < -0.39 is 15.9 Å². The standard InChI is InChI=1S/C19H19N5O3S/c1-22-11-21-16-4-3-12(7-18(16)22)28(26,27)24-9-14-13-8-20-6-5-17(13)23(2)19(25)15(14)10-24/h3-8,11,14-15H,9-10H2,1-2H3/t14-,15-/m1/s1. The van der Waals surface area contributed by atoms with Crippen LogP contribution in [0.4, 0.5) is 5.69 Å². The summed E-state index contributed by atoms with van der Waals surface area (Å²) >= 11 is 0. The van der Waals surface area contributed by atoms with Gasteiger partial charge < -0.3 is 9.47 Å². The van der Waals surface area contributed by atoms with Crippen molar-refractivity contribution >= 4 is 32.7 Å². The third-order valence-corrected chi connectivity index (χ3v) is 7.69. The van der Waals surface area contributed by atoms with Crippen LogP contribution in [0, 0.1) is 5.92 Å². The van der Waals surface area contributed by atoms with Crippen LogP contribution in [-0.4, -0.2) is 53.3 Å². The minimum Gasteiger partial charge on any atom is -0.334 e. The molecule has 1 amide bonds. The molecule has 0 N–H and O–H groups in total. The van der Waals surface area contributed by atoms with Gasteiger partial charge in [-0.3, -0.25) is 9.78 Å². The summed E-state index contributed by atoms with van der Waals surface area (Å²) < 4.78 is 29.8. The molecule has 0 unspecified atom stereocenters. The number of carbonyl (C=O) groups is 1. The van der Waals surface area contributed by atoms with Gasteiger partial charge in [0.25, 0.3) is 0 Å². The zero-order valence-electron chi connectivity index (χ0n) is 15.5. The Morgan fingerprint density at radius 3 is 2.71 bits per heavy atom. The predicted molar refractivity (Wildman–Crippen MR) is 103 cm³/mol. The van der Waals surface area contributed by atoms with Crippen LogP contribution in [0.5, 0.6) is 0 Å². The van der Waals surface area contributed by atoms with Crippen molar-refractivity contribution in [2.75, 3.05) is 25.0 Å². The third-order valence-electron chi connectivity index (χ3n) is 5.86. The number of pyridine rings is 1. The molecule has 0 spiro atoms. The van der Waals surface area contributed by atoms with Gasteiger partial charge in [-0.1, -0.05) is 0 Å². The Hall–Kier alpha value is -2.78. The number of sulfonamides is 1. The Bertz CT molecular complexity index is 1220. The fourth-order valence-corrected chi connectivity index (χ4v) is 5.82. The molecule has 4 heterocycles.